The van der Waals surface area contributed by atoms with Crippen LogP contribution in [0.4, 0.5) is 0 Å². The second kappa shape index (κ2) is 7.73. The van der Waals surface area contributed by atoms with E-state index in [4.69, 9.17) is 5.11 Å². The Labute approximate surface area is 124 Å². The molecule has 112 valence electrons. The van der Waals surface area contributed by atoms with E-state index in [9.17, 15) is 4.79 Å². The summed E-state index contributed by atoms with van der Waals surface area (Å²) in [6.45, 7) is 7.12. The number of aliphatic hydroxyl groups excluding tert-OH is 1. The summed E-state index contributed by atoms with van der Waals surface area (Å²) in [5.41, 5.74) is 0. The van der Waals surface area contributed by atoms with Crippen molar-refractivity contribution in [1.29, 1.82) is 0 Å². The van der Waals surface area contributed by atoms with Gasteiger partial charge in [0.15, 0.2) is 0 Å². The van der Waals surface area contributed by atoms with Crippen LogP contribution < -0.4 is 5.32 Å². The number of carbonyl (C=O) groups excluding carboxylic acids is 1. The molecule has 1 atom stereocenters. The number of carbonyl (C=O) groups is 1. The third-order valence-electron chi connectivity index (χ3n) is 3.77. The highest BCUT2D eigenvalue weighted by atomic mass is 32.1. The number of nitrogens with one attached hydrogen (secondary N) is 1. The minimum atomic E-state index is -0.0914. The first-order chi connectivity index (χ1) is 9.70. The fraction of sp³-hybridized carbons (Fsp3) is 0.643. The summed E-state index contributed by atoms with van der Waals surface area (Å²) in [7, 11) is 0. The predicted molar refractivity (Wildman–Crippen MR) is 80.7 cm³/mol. The monoisotopic (exact) mass is 297 g/mol. The average Bonchev–Trinajstić information content (AvgIpc) is 2.98. The third kappa shape index (κ3) is 4.28. The van der Waals surface area contributed by atoms with E-state index in [1.54, 1.807) is 11.3 Å². The molecule has 1 aliphatic heterocycles. The van der Waals surface area contributed by atoms with E-state index in [1.807, 2.05) is 24.4 Å². The van der Waals surface area contributed by atoms with Crippen molar-refractivity contribution in [3.63, 3.8) is 0 Å². The van der Waals surface area contributed by atoms with Gasteiger partial charge >= 0.3 is 0 Å². The highest BCUT2D eigenvalue weighted by Crippen LogP contribution is 2.09. The molecule has 1 aliphatic rings. The molecule has 0 spiro atoms. The van der Waals surface area contributed by atoms with E-state index in [0.29, 0.717) is 6.54 Å². The molecule has 1 aromatic heterocycles. The topological polar surface area (TPSA) is 55.8 Å². The number of amides is 1. The van der Waals surface area contributed by atoms with Crippen LogP contribution in [-0.4, -0.2) is 66.2 Å². The number of β-amino-alcohol motifs (C(OH)–C–C–N with tert-alkyl or cyclic N) is 1. The summed E-state index contributed by atoms with van der Waals surface area (Å²) < 4.78 is 0. The van der Waals surface area contributed by atoms with Gasteiger partial charge in [0.2, 0.25) is 5.91 Å². The van der Waals surface area contributed by atoms with Gasteiger partial charge < -0.3 is 10.4 Å². The van der Waals surface area contributed by atoms with Crippen LogP contribution in [-0.2, 0) is 11.3 Å². The Balaban J connectivity index is 1.73. The number of rotatable bonds is 6. The zero-order valence-corrected chi connectivity index (χ0v) is 12.7. The van der Waals surface area contributed by atoms with E-state index in [2.05, 4.69) is 15.1 Å². The fourth-order valence-corrected chi connectivity index (χ4v) is 3.06. The van der Waals surface area contributed by atoms with E-state index >= 15 is 0 Å². The summed E-state index contributed by atoms with van der Waals surface area (Å²) in [6.07, 6.45) is 0. The average molecular weight is 297 g/mol. The molecule has 1 fully saturated rings. The van der Waals surface area contributed by atoms with Gasteiger partial charge in [-0.15, -0.1) is 11.3 Å². The number of hydrogen-bond donors (Lipinski definition) is 2. The number of aliphatic hydroxyl groups is 1. The summed E-state index contributed by atoms with van der Waals surface area (Å²) in [4.78, 5) is 17.8. The van der Waals surface area contributed by atoms with Crippen LogP contribution >= 0.6 is 11.3 Å². The zero-order chi connectivity index (χ0) is 14.4. The number of hydrogen-bond acceptors (Lipinski definition) is 5. The lowest BCUT2D eigenvalue weighted by atomic mass is 10.2. The molecule has 2 rings (SSSR count). The molecule has 5 nitrogen and oxygen atoms in total. The third-order valence-corrected chi connectivity index (χ3v) is 4.64. The molecule has 1 saturated heterocycles. The molecule has 2 heterocycles. The van der Waals surface area contributed by atoms with Crippen molar-refractivity contribution >= 4 is 17.2 Å². The molecule has 6 heteroatoms. The van der Waals surface area contributed by atoms with Crippen LogP contribution in [0, 0.1) is 0 Å². The van der Waals surface area contributed by atoms with Gasteiger partial charge in [0, 0.05) is 37.6 Å². The fourth-order valence-electron chi connectivity index (χ4n) is 2.42. The van der Waals surface area contributed by atoms with E-state index < -0.39 is 0 Å². The number of thiophene rings is 1. The highest BCUT2D eigenvalue weighted by Gasteiger charge is 2.25. The van der Waals surface area contributed by atoms with Gasteiger partial charge in [0.25, 0.3) is 0 Å². The molecule has 1 amide bonds. The molecule has 0 radical (unpaired) electrons. The molecule has 0 bridgehead atoms. The van der Waals surface area contributed by atoms with E-state index in [1.165, 1.54) is 4.88 Å². The zero-order valence-electron chi connectivity index (χ0n) is 11.9. The second-order valence-electron chi connectivity index (χ2n) is 5.07. The van der Waals surface area contributed by atoms with Crippen LogP contribution in [0.3, 0.4) is 0 Å². The Morgan fingerprint density at radius 3 is 2.80 bits per heavy atom. The predicted octanol–water partition coefficient (Wildman–Crippen LogP) is 0.363. The Kier molecular flexibility index (Phi) is 5.97. The number of nitrogens with zero attached hydrogens (tertiary/aromatic N) is 2. The maximum absolute atomic E-state index is 12.1. The minimum absolute atomic E-state index is 0.0914. The summed E-state index contributed by atoms with van der Waals surface area (Å²) in [5, 5.41) is 13.9. The normalized spacial score (nSPS) is 18.9. The number of piperazine rings is 1. The van der Waals surface area contributed by atoms with Gasteiger partial charge in [-0.2, -0.15) is 0 Å². The van der Waals surface area contributed by atoms with Crippen molar-refractivity contribution in [2.45, 2.75) is 19.5 Å². The van der Waals surface area contributed by atoms with Crippen LogP contribution in [0.25, 0.3) is 0 Å². The lowest BCUT2D eigenvalue weighted by Crippen LogP contribution is -2.54. The van der Waals surface area contributed by atoms with Gasteiger partial charge in [-0.1, -0.05) is 6.07 Å². The molecule has 20 heavy (non-hydrogen) atoms. The van der Waals surface area contributed by atoms with Gasteiger partial charge in [-0.05, 0) is 18.4 Å². The molecular weight excluding hydrogens is 274 g/mol. The highest BCUT2D eigenvalue weighted by molar-refractivity contribution is 7.09. The standard InChI is InChI=1S/C14H23N3O2S/c1-12(14(19)15-11-13-3-2-10-20-13)17-6-4-16(5-7-17)8-9-18/h2-3,10,12,18H,4-9,11H2,1H3,(H,15,19). The smallest absolute Gasteiger partial charge is 0.237 e. The van der Waals surface area contributed by atoms with Crippen molar-refractivity contribution in [1.82, 2.24) is 15.1 Å². The molecule has 2 N–H and O–H groups in total. The molecule has 1 unspecified atom stereocenters. The lowest BCUT2D eigenvalue weighted by molar-refractivity contribution is -0.126. The van der Waals surface area contributed by atoms with Gasteiger partial charge in [-0.3, -0.25) is 14.6 Å². The SMILES string of the molecule is CC(C(=O)NCc1cccs1)N1CCN(CCO)CC1. The Bertz CT molecular complexity index is 403. The van der Waals surface area contributed by atoms with Crippen molar-refractivity contribution in [3.05, 3.63) is 22.4 Å². The summed E-state index contributed by atoms with van der Waals surface area (Å²) in [6, 6.07) is 3.94. The van der Waals surface area contributed by atoms with Gasteiger partial charge in [0.1, 0.15) is 0 Å². The first kappa shape index (κ1) is 15.4. The summed E-state index contributed by atoms with van der Waals surface area (Å²) in [5.74, 6) is 0.0917. The first-order valence-corrected chi connectivity index (χ1v) is 7.96. The maximum Gasteiger partial charge on any atom is 0.237 e. The van der Waals surface area contributed by atoms with Crippen molar-refractivity contribution < 1.29 is 9.90 Å². The largest absolute Gasteiger partial charge is 0.395 e. The van der Waals surface area contributed by atoms with Crippen molar-refractivity contribution in [2.75, 3.05) is 39.3 Å². The van der Waals surface area contributed by atoms with Crippen molar-refractivity contribution in [3.8, 4) is 0 Å². The van der Waals surface area contributed by atoms with Gasteiger partial charge in [0.05, 0.1) is 19.2 Å². The van der Waals surface area contributed by atoms with E-state index in [-0.39, 0.29) is 18.6 Å². The van der Waals surface area contributed by atoms with Crippen molar-refractivity contribution in [2.24, 2.45) is 0 Å². The molecule has 0 aromatic carbocycles. The molecule has 0 aliphatic carbocycles. The maximum atomic E-state index is 12.1. The quantitative estimate of drug-likeness (QED) is 0.796. The van der Waals surface area contributed by atoms with Crippen LogP contribution in [0.2, 0.25) is 0 Å². The Hall–Kier alpha value is -0.950. The van der Waals surface area contributed by atoms with E-state index in [0.717, 1.165) is 32.7 Å². The minimum Gasteiger partial charge on any atom is -0.395 e. The van der Waals surface area contributed by atoms with Crippen LogP contribution in [0.15, 0.2) is 17.5 Å². The lowest BCUT2D eigenvalue weighted by Gasteiger charge is -2.37. The van der Waals surface area contributed by atoms with Gasteiger partial charge in [-0.25, -0.2) is 0 Å². The molecule has 1 aromatic rings. The summed E-state index contributed by atoms with van der Waals surface area (Å²) >= 11 is 1.66. The van der Waals surface area contributed by atoms with Crippen LogP contribution in [0.5, 0.6) is 0 Å². The second-order valence-corrected chi connectivity index (χ2v) is 6.11. The Morgan fingerprint density at radius 2 is 2.20 bits per heavy atom. The first-order valence-electron chi connectivity index (χ1n) is 7.08. The molecule has 0 saturated carbocycles. The Morgan fingerprint density at radius 1 is 1.45 bits per heavy atom. The van der Waals surface area contributed by atoms with Crippen LogP contribution in [0.1, 0.15) is 11.8 Å². The molecular formula is C14H23N3O2S.